The lowest BCUT2D eigenvalue weighted by Gasteiger charge is -2.34. The van der Waals surface area contributed by atoms with Crippen molar-refractivity contribution in [2.75, 3.05) is 34.4 Å². The van der Waals surface area contributed by atoms with Crippen LogP contribution in [0.2, 0.25) is 0 Å². The monoisotopic (exact) mass is 478 g/mol. The second-order valence-electron chi connectivity index (χ2n) is 7.81. The third-order valence-corrected chi connectivity index (χ3v) is 7.17. The van der Waals surface area contributed by atoms with E-state index in [9.17, 15) is 13.2 Å². The van der Waals surface area contributed by atoms with Crippen LogP contribution < -0.4 is 19.5 Å². The fraction of sp³-hybridized carbons (Fsp3) is 0.435. The minimum atomic E-state index is -3.76. The topological polar surface area (TPSA) is 103 Å². The molecule has 0 radical (unpaired) electrons. The van der Waals surface area contributed by atoms with Gasteiger partial charge in [0.15, 0.2) is 11.5 Å². The molecular formula is C23H30N2O7S. The van der Waals surface area contributed by atoms with Crippen molar-refractivity contribution < 1.29 is 32.2 Å². The Kier molecular flexibility index (Phi) is 7.83. The van der Waals surface area contributed by atoms with Crippen molar-refractivity contribution in [3.8, 4) is 17.2 Å². The Morgan fingerprint density at radius 3 is 2.21 bits per heavy atom. The van der Waals surface area contributed by atoms with Crippen molar-refractivity contribution in [3.05, 3.63) is 47.5 Å². The molecular weight excluding hydrogens is 448 g/mol. The van der Waals surface area contributed by atoms with Crippen LogP contribution in [-0.2, 0) is 21.3 Å². The maximum absolute atomic E-state index is 13.1. The normalized spacial score (nSPS) is 19.1. The van der Waals surface area contributed by atoms with Crippen LogP contribution >= 0.6 is 0 Å². The van der Waals surface area contributed by atoms with Gasteiger partial charge in [-0.2, -0.15) is 4.31 Å². The van der Waals surface area contributed by atoms with Crippen molar-refractivity contribution in [3.63, 3.8) is 0 Å². The summed E-state index contributed by atoms with van der Waals surface area (Å²) in [4.78, 5) is 12.9. The van der Waals surface area contributed by atoms with Gasteiger partial charge in [-0.3, -0.25) is 4.79 Å². The Labute approximate surface area is 194 Å². The molecule has 2 unspecified atom stereocenters. The summed E-state index contributed by atoms with van der Waals surface area (Å²) in [6, 6.07) is 9.42. The summed E-state index contributed by atoms with van der Waals surface area (Å²) in [6.45, 7) is 4.36. The zero-order chi connectivity index (χ0) is 24.2. The number of benzene rings is 2. The minimum Gasteiger partial charge on any atom is -0.496 e. The highest BCUT2D eigenvalue weighted by molar-refractivity contribution is 7.89. The summed E-state index contributed by atoms with van der Waals surface area (Å²) in [7, 11) is 0.815. The van der Waals surface area contributed by atoms with Gasteiger partial charge < -0.3 is 24.3 Å². The molecule has 1 aliphatic rings. The standard InChI is InChI=1S/C23H30N2O7S/c1-15-13-25(14-16(2)32-15)33(27,28)19-8-6-7-17(9-19)23(26)24-12-18-10-21(30-4)22(31-5)11-20(18)29-3/h6-11,15-16H,12-14H2,1-5H3,(H,24,26). The molecule has 1 heterocycles. The molecule has 33 heavy (non-hydrogen) atoms. The number of sulfonamides is 1. The van der Waals surface area contributed by atoms with Gasteiger partial charge in [-0.25, -0.2) is 8.42 Å². The van der Waals surface area contributed by atoms with E-state index < -0.39 is 15.9 Å². The number of rotatable bonds is 8. The molecule has 9 nitrogen and oxygen atoms in total. The molecule has 1 saturated heterocycles. The van der Waals surface area contributed by atoms with Crippen molar-refractivity contribution in [1.29, 1.82) is 0 Å². The van der Waals surface area contributed by atoms with E-state index in [-0.39, 0.29) is 42.3 Å². The van der Waals surface area contributed by atoms with Crippen LogP contribution in [0.3, 0.4) is 0 Å². The molecule has 1 aliphatic heterocycles. The van der Waals surface area contributed by atoms with Crippen LogP contribution in [0.1, 0.15) is 29.8 Å². The molecule has 0 aromatic heterocycles. The van der Waals surface area contributed by atoms with Gasteiger partial charge in [0.25, 0.3) is 5.91 Å². The maximum Gasteiger partial charge on any atom is 0.251 e. The molecule has 0 spiro atoms. The van der Waals surface area contributed by atoms with Crippen LogP contribution in [0.15, 0.2) is 41.3 Å². The fourth-order valence-electron chi connectivity index (χ4n) is 3.78. The van der Waals surface area contributed by atoms with Crippen LogP contribution in [0.5, 0.6) is 17.2 Å². The molecule has 0 saturated carbocycles. The first-order valence-electron chi connectivity index (χ1n) is 10.5. The number of hydrogen-bond donors (Lipinski definition) is 1. The average Bonchev–Trinajstić information content (AvgIpc) is 2.81. The lowest BCUT2D eigenvalue weighted by atomic mass is 10.1. The lowest BCUT2D eigenvalue weighted by molar-refractivity contribution is -0.0440. The van der Waals surface area contributed by atoms with Gasteiger partial charge in [0.2, 0.25) is 10.0 Å². The Morgan fingerprint density at radius 1 is 1.00 bits per heavy atom. The lowest BCUT2D eigenvalue weighted by Crippen LogP contribution is -2.48. The number of hydrogen-bond acceptors (Lipinski definition) is 7. The largest absolute Gasteiger partial charge is 0.496 e. The van der Waals surface area contributed by atoms with Crippen LogP contribution in [-0.4, -0.2) is 65.3 Å². The molecule has 2 atom stereocenters. The maximum atomic E-state index is 13.1. The van der Waals surface area contributed by atoms with E-state index in [4.69, 9.17) is 18.9 Å². The van der Waals surface area contributed by atoms with Crippen molar-refractivity contribution in [2.24, 2.45) is 0 Å². The number of carbonyl (C=O) groups is 1. The predicted molar refractivity (Wildman–Crippen MR) is 122 cm³/mol. The summed E-state index contributed by atoms with van der Waals surface area (Å²) in [5.74, 6) is 1.13. The van der Waals surface area contributed by atoms with Gasteiger partial charge >= 0.3 is 0 Å². The number of amides is 1. The minimum absolute atomic E-state index is 0.0696. The highest BCUT2D eigenvalue weighted by Crippen LogP contribution is 2.34. The Morgan fingerprint density at radius 2 is 1.61 bits per heavy atom. The van der Waals surface area contributed by atoms with Crippen LogP contribution in [0, 0.1) is 0 Å². The third kappa shape index (κ3) is 5.58. The van der Waals surface area contributed by atoms with E-state index in [1.165, 1.54) is 37.8 Å². The second kappa shape index (κ2) is 10.4. The molecule has 3 rings (SSSR count). The van der Waals surface area contributed by atoms with Gasteiger partial charge in [0.05, 0.1) is 38.4 Å². The van der Waals surface area contributed by atoms with Crippen LogP contribution in [0.4, 0.5) is 0 Å². The smallest absolute Gasteiger partial charge is 0.251 e. The molecule has 0 aliphatic carbocycles. The zero-order valence-corrected chi connectivity index (χ0v) is 20.3. The van der Waals surface area contributed by atoms with E-state index in [0.717, 1.165) is 0 Å². The van der Waals surface area contributed by atoms with Crippen molar-refractivity contribution in [1.82, 2.24) is 9.62 Å². The summed E-state index contributed by atoms with van der Waals surface area (Å²) in [6.07, 6.45) is -0.405. The van der Waals surface area contributed by atoms with Gasteiger partial charge in [0.1, 0.15) is 5.75 Å². The van der Waals surface area contributed by atoms with E-state index in [2.05, 4.69) is 5.32 Å². The number of morpholine rings is 1. The number of ether oxygens (including phenoxy) is 4. The molecule has 2 aromatic carbocycles. The van der Waals surface area contributed by atoms with E-state index >= 15 is 0 Å². The highest BCUT2D eigenvalue weighted by Gasteiger charge is 2.32. The van der Waals surface area contributed by atoms with Gasteiger partial charge in [-0.15, -0.1) is 0 Å². The molecule has 1 fully saturated rings. The molecule has 1 amide bonds. The van der Waals surface area contributed by atoms with Crippen LogP contribution in [0.25, 0.3) is 0 Å². The quantitative estimate of drug-likeness (QED) is 0.622. The zero-order valence-electron chi connectivity index (χ0n) is 19.5. The van der Waals surface area contributed by atoms with Gasteiger partial charge in [0, 0.05) is 36.8 Å². The number of nitrogens with zero attached hydrogens (tertiary/aromatic N) is 1. The van der Waals surface area contributed by atoms with E-state index in [1.54, 1.807) is 24.3 Å². The first-order chi connectivity index (χ1) is 15.7. The van der Waals surface area contributed by atoms with Gasteiger partial charge in [-0.1, -0.05) is 6.07 Å². The average molecular weight is 479 g/mol. The predicted octanol–water partition coefficient (Wildman–Crippen LogP) is 2.44. The summed E-state index contributed by atoms with van der Waals surface area (Å²) >= 11 is 0. The summed E-state index contributed by atoms with van der Waals surface area (Å²) in [5.41, 5.74) is 0.924. The number of nitrogens with one attached hydrogen (secondary N) is 1. The molecule has 1 N–H and O–H groups in total. The number of carbonyl (C=O) groups excluding carboxylic acids is 1. The van der Waals surface area contributed by atoms with Gasteiger partial charge in [-0.05, 0) is 38.1 Å². The SMILES string of the molecule is COc1cc(OC)c(OC)cc1CNC(=O)c1cccc(S(=O)(=O)N2CC(C)OC(C)C2)c1. The molecule has 0 bridgehead atoms. The first kappa shape index (κ1) is 24.8. The Hall–Kier alpha value is -2.82. The molecule has 180 valence electrons. The second-order valence-corrected chi connectivity index (χ2v) is 9.75. The summed E-state index contributed by atoms with van der Waals surface area (Å²) in [5, 5.41) is 2.81. The fourth-order valence-corrected chi connectivity index (χ4v) is 5.42. The van der Waals surface area contributed by atoms with Crippen molar-refractivity contribution in [2.45, 2.75) is 37.5 Å². The van der Waals surface area contributed by atoms with E-state index in [0.29, 0.717) is 22.8 Å². The Balaban J connectivity index is 1.78. The van der Waals surface area contributed by atoms with Crippen molar-refractivity contribution >= 4 is 15.9 Å². The third-order valence-electron chi connectivity index (χ3n) is 5.35. The highest BCUT2D eigenvalue weighted by atomic mass is 32.2. The van der Waals surface area contributed by atoms with E-state index in [1.807, 2.05) is 13.8 Å². The number of methoxy groups -OCH3 is 3. The Bertz CT molecular complexity index is 1090. The molecule has 10 heteroatoms. The first-order valence-corrected chi connectivity index (χ1v) is 12.0. The summed E-state index contributed by atoms with van der Waals surface area (Å²) < 4.78 is 49.3. The molecule has 2 aromatic rings.